The van der Waals surface area contributed by atoms with Crippen molar-refractivity contribution >= 4 is 16.5 Å². The Labute approximate surface area is 130 Å². The molecule has 0 unspecified atom stereocenters. The van der Waals surface area contributed by atoms with E-state index in [9.17, 15) is 0 Å². The second-order valence-electron chi connectivity index (χ2n) is 5.09. The first-order valence-electron chi connectivity index (χ1n) is 7.41. The smallest absolute Gasteiger partial charge is 0.119 e. The largest absolute Gasteiger partial charge is 0.491 e. The molecule has 0 bridgehead atoms. The fourth-order valence-corrected chi connectivity index (χ4v) is 2.48. The Morgan fingerprint density at radius 1 is 0.864 bits per heavy atom. The number of hydrogen-bond acceptors (Lipinski definition) is 3. The van der Waals surface area contributed by atoms with Crippen molar-refractivity contribution in [3.8, 4) is 5.75 Å². The zero-order valence-corrected chi connectivity index (χ0v) is 12.3. The van der Waals surface area contributed by atoms with E-state index in [4.69, 9.17) is 9.84 Å². The van der Waals surface area contributed by atoms with Crippen LogP contribution >= 0.6 is 0 Å². The van der Waals surface area contributed by atoms with Crippen LogP contribution in [0.25, 0.3) is 10.8 Å². The van der Waals surface area contributed by atoms with Gasteiger partial charge in [-0.3, -0.25) is 0 Å². The molecule has 2 N–H and O–H groups in total. The van der Waals surface area contributed by atoms with Gasteiger partial charge in [0.1, 0.15) is 12.4 Å². The molecular formula is C19H19NO2. The molecule has 0 saturated carbocycles. The summed E-state index contributed by atoms with van der Waals surface area (Å²) in [5, 5.41) is 14.7. The lowest BCUT2D eigenvalue weighted by Crippen LogP contribution is -2.02. The third kappa shape index (κ3) is 3.38. The van der Waals surface area contributed by atoms with Gasteiger partial charge in [0.05, 0.1) is 6.61 Å². The summed E-state index contributed by atoms with van der Waals surface area (Å²) in [4.78, 5) is 0. The Bertz CT molecular complexity index is 733. The van der Waals surface area contributed by atoms with Crippen molar-refractivity contribution < 1.29 is 9.84 Å². The van der Waals surface area contributed by atoms with Crippen LogP contribution in [0.4, 0.5) is 5.69 Å². The van der Waals surface area contributed by atoms with Crippen LogP contribution in [0.5, 0.6) is 5.75 Å². The molecule has 112 valence electrons. The van der Waals surface area contributed by atoms with Crippen LogP contribution in [-0.4, -0.2) is 18.3 Å². The molecule has 3 aromatic rings. The number of anilines is 1. The lowest BCUT2D eigenvalue weighted by atomic mass is 10.0. The molecular weight excluding hydrogens is 274 g/mol. The van der Waals surface area contributed by atoms with Crippen LogP contribution in [0.1, 0.15) is 5.56 Å². The highest BCUT2D eigenvalue weighted by Gasteiger charge is 2.00. The number of hydrogen-bond donors (Lipinski definition) is 2. The molecule has 0 radical (unpaired) electrons. The van der Waals surface area contributed by atoms with Gasteiger partial charge in [0.2, 0.25) is 0 Å². The van der Waals surface area contributed by atoms with Crippen LogP contribution < -0.4 is 10.1 Å². The van der Waals surface area contributed by atoms with Crippen molar-refractivity contribution in [1.29, 1.82) is 0 Å². The number of fused-ring (bicyclic) bond motifs is 1. The van der Waals surface area contributed by atoms with Gasteiger partial charge in [0, 0.05) is 12.2 Å². The normalized spacial score (nSPS) is 10.6. The summed E-state index contributed by atoms with van der Waals surface area (Å²) in [5.41, 5.74) is 2.32. The van der Waals surface area contributed by atoms with Crippen molar-refractivity contribution in [2.75, 3.05) is 18.5 Å². The molecule has 0 aliphatic carbocycles. The van der Waals surface area contributed by atoms with E-state index in [1.54, 1.807) is 0 Å². The molecule has 3 nitrogen and oxygen atoms in total. The number of aliphatic hydroxyl groups excluding tert-OH is 1. The summed E-state index contributed by atoms with van der Waals surface area (Å²) in [6.07, 6.45) is 0. The van der Waals surface area contributed by atoms with Gasteiger partial charge in [-0.2, -0.15) is 0 Å². The van der Waals surface area contributed by atoms with Crippen LogP contribution in [0.3, 0.4) is 0 Å². The van der Waals surface area contributed by atoms with Gasteiger partial charge in [-0.1, -0.05) is 42.5 Å². The maximum absolute atomic E-state index is 8.74. The van der Waals surface area contributed by atoms with Gasteiger partial charge in [0.15, 0.2) is 0 Å². The predicted molar refractivity (Wildman–Crippen MR) is 90.3 cm³/mol. The Balaban J connectivity index is 1.69. The van der Waals surface area contributed by atoms with Crippen LogP contribution in [0, 0.1) is 0 Å². The molecule has 0 aliphatic heterocycles. The minimum absolute atomic E-state index is 0.0289. The summed E-state index contributed by atoms with van der Waals surface area (Å²) in [5.74, 6) is 0.768. The van der Waals surface area contributed by atoms with E-state index >= 15 is 0 Å². The lowest BCUT2D eigenvalue weighted by molar-refractivity contribution is 0.201. The maximum atomic E-state index is 8.74. The molecule has 3 aromatic carbocycles. The fraction of sp³-hybridized carbons (Fsp3) is 0.158. The third-order valence-electron chi connectivity index (χ3n) is 3.58. The second kappa shape index (κ2) is 6.96. The van der Waals surface area contributed by atoms with Gasteiger partial charge in [-0.25, -0.2) is 0 Å². The van der Waals surface area contributed by atoms with E-state index in [0.29, 0.717) is 6.61 Å². The first-order valence-corrected chi connectivity index (χ1v) is 7.41. The molecule has 0 aliphatic rings. The predicted octanol–water partition coefficient (Wildman–Crippen LogP) is 3.82. The molecule has 0 atom stereocenters. The van der Waals surface area contributed by atoms with Crippen LogP contribution in [0.15, 0.2) is 66.7 Å². The van der Waals surface area contributed by atoms with Crippen molar-refractivity contribution in [3.63, 3.8) is 0 Å². The Hall–Kier alpha value is -2.52. The summed E-state index contributed by atoms with van der Waals surface area (Å²) in [7, 11) is 0. The monoisotopic (exact) mass is 293 g/mol. The Morgan fingerprint density at radius 3 is 2.45 bits per heavy atom. The van der Waals surface area contributed by atoms with E-state index in [-0.39, 0.29) is 6.61 Å². The summed E-state index contributed by atoms with van der Waals surface area (Å²) in [6, 6.07) is 22.6. The maximum Gasteiger partial charge on any atom is 0.119 e. The summed E-state index contributed by atoms with van der Waals surface area (Å²) in [6.45, 7) is 1.13. The van der Waals surface area contributed by atoms with Crippen LogP contribution in [0.2, 0.25) is 0 Å². The topological polar surface area (TPSA) is 41.5 Å². The zero-order chi connectivity index (χ0) is 15.2. The average Bonchev–Trinajstić information content (AvgIpc) is 2.59. The van der Waals surface area contributed by atoms with Crippen LogP contribution in [-0.2, 0) is 6.54 Å². The van der Waals surface area contributed by atoms with Crippen molar-refractivity contribution in [1.82, 2.24) is 0 Å². The molecule has 0 saturated heterocycles. The van der Waals surface area contributed by atoms with Gasteiger partial charge in [-0.05, 0) is 40.6 Å². The van der Waals surface area contributed by atoms with E-state index in [1.807, 2.05) is 24.3 Å². The van der Waals surface area contributed by atoms with Gasteiger partial charge < -0.3 is 15.2 Å². The van der Waals surface area contributed by atoms with E-state index in [1.165, 1.54) is 16.3 Å². The first-order chi connectivity index (χ1) is 10.9. The molecule has 3 heteroatoms. The van der Waals surface area contributed by atoms with Crippen molar-refractivity contribution in [3.05, 3.63) is 72.3 Å². The minimum atomic E-state index is 0.0289. The first kappa shape index (κ1) is 14.4. The highest BCUT2D eigenvalue weighted by molar-refractivity contribution is 5.85. The molecule has 0 spiro atoms. The van der Waals surface area contributed by atoms with Gasteiger partial charge >= 0.3 is 0 Å². The summed E-state index contributed by atoms with van der Waals surface area (Å²) < 4.78 is 5.35. The Kier molecular flexibility index (Phi) is 4.56. The van der Waals surface area contributed by atoms with E-state index < -0.39 is 0 Å². The lowest BCUT2D eigenvalue weighted by Gasteiger charge is -2.10. The van der Waals surface area contributed by atoms with Gasteiger partial charge in [-0.15, -0.1) is 0 Å². The third-order valence-corrected chi connectivity index (χ3v) is 3.58. The zero-order valence-electron chi connectivity index (χ0n) is 12.3. The van der Waals surface area contributed by atoms with E-state index in [0.717, 1.165) is 18.0 Å². The standard InChI is InChI=1S/C19H19NO2/c21-12-13-22-18-10-8-17(9-11-18)20-14-16-6-3-5-15-4-1-2-7-19(15)16/h1-11,20-21H,12-14H2. The van der Waals surface area contributed by atoms with Crippen molar-refractivity contribution in [2.45, 2.75) is 6.54 Å². The highest BCUT2D eigenvalue weighted by atomic mass is 16.5. The highest BCUT2D eigenvalue weighted by Crippen LogP contribution is 2.21. The summed E-state index contributed by atoms with van der Waals surface area (Å²) >= 11 is 0. The van der Waals surface area contributed by atoms with Gasteiger partial charge in [0.25, 0.3) is 0 Å². The van der Waals surface area contributed by atoms with Crippen molar-refractivity contribution in [2.24, 2.45) is 0 Å². The molecule has 22 heavy (non-hydrogen) atoms. The minimum Gasteiger partial charge on any atom is -0.491 e. The molecule has 0 heterocycles. The average molecular weight is 293 g/mol. The number of aliphatic hydroxyl groups is 1. The number of rotatable bonds is 6. The molecule has 3 rings (SSSR count). The Morgan fingerprint density at radius 2 is 1.64 bits per heavy atom. The number of benzene rings is 3. The number of nitrogens with one attached hydrogen (secondary N) is 1. The molecule has 0 fully saturated rings. The number of ether oxygens (including phenoxy) is 1. The van der Waals surface area contributed by atoms with E-state index in [2.05, 4.69) is 47.8 Å². The molecule has 0 amide bonds. The second-order valence-corrected chi connectivity index (χ2v) is 5.09. The fourth-order valence-electron chi connectivity index (χ4n) is 2.48. The molecule has 0 aromatic heterocycles. The quantitative estimate of drug-likeness (QED) is 0.726. The SMILES string of the molecule is OCCOc1ccc(NCc2cccc3ccccc23)cc1.